The van der Waals surface area contributed by atoms with Gasteiger partial charge in [-0.05, 0) is 36.6 Å². The third kappa shape index (κ3) is 5.80. The number of nitrogens with zero attached hydrogens (tertiary/aromatic N) is 1. The van der Waals surface area contributed by atoms with Gasteiger partial charge in [0, 0.05) is 7.05 Å². The summed E-state index contributed by atoms with van der Waals surface area (Å²) in [6.07, 6.45) is 1.08. The number of hydrogen-bond donors (Lipinski definition) is 1. The lowest BCUT2D eigenvalue weighted by Gasteiger charge is -2.25. The van der Waals surface area contributed by atoms with Gasteiger partial charge in [-0.3, -0.25) is 4.79 Å². The molecule has 0 radical (unpaired) electrons. The molecular weight excluding hydrogens is 364 g/mol. The van der Waals surface area contributed by atoms with Gasteiger partial charge in [-0.25, -0.2) is 8.42 Å². The van der Waals surface area contributed by atoms with Crippen LogP contribution in [0.3, 0.4) is 0 Å². The van der Waals surface area contributed by atoms with E-state index < -0.39 is 22.0 Å². The van der Waals surface area contributed by atoms with Gasteiger partial charge in [0.15, 0.2) is 0 Å². The van der Waals surface area contributed by atoms with Crippen LogP contribution < -0.4 is 10.1 Å². The third-order valence-corrected chi connectivity index (χ3v) is 5.51. The van der Waals surface area contributed by atoms with Crippen LogP contribution in [-0.2, 0) is 14.8 Å². The van der Waals surface area contributed by atoms with Crippen LogP contribution >= 0.6 is 0 Å². The highest BCUT2D eigenvalue weighted by Gasteiger charge is 2.30. The fourth-order valence-electron chi connectivity index (χ4n) is 2.65. The number of amides is 1. The SMILES string of the molecule is Cc1ccc(C)c(OCCNC(=O)[C@H](c2ccccc2)N(C)S(C)(=O)=O)c1. The molecule has 2 aromatic carbocycles. The van der Waals surface area contributed by atoms with Gasteiger partial charge in [-0.1, -0.05) is 42.5 Å². The molecule has 146 valence electrons. The Morgan fingerprint density at radius 3 is 2.44 bits per heavy atom. The Kier molecular flexibility index (Phi) is 6.98. The van der Waals surface area contributed by atoms with Gasteiger partial charge < -0.3 is 10.1 Å². The summed E-state index contributed by atoms with van der Waals surface area (Å²) >= 11 is 0. The van der Waals surface area contributed by atoms with E-state index in [0.29, 0.717) is 12.2 Å². The lowest BCUT2D eigenvalue weighted by atomic mass is 10.1. The number of rotatable bonds is 8. The quantitative estimate of drug-likeness (QED) is 0.703. The third-order valence-electron chi connectivity index (χ3n) is 4.25. The van der Waals surface area contributed by atoms with Gasteiger partial charge in [0.2, 0.25) is 15.9 Å². The molecule has 7 heteroatoms. The second-order valence-corrected chi connectivity index (χ2v) is 8.54. The summed E-state index contributed by atoms with van der Waals surface area (Å²) in [4.78, 5) is 12.7. The van der Waals surface area contributed by atoms with Gasteiger partial charge in [-0.2, -0.15) is 4.31 Å². The first kappa shape index (κ1) is 20.9. The summed E-state index contributed by atoms with van der Waals surface area (Å²) in [5.74, 6) is 0.385. The maximum atomic E-state index is 12.7. The van der Waals surface area contributed by atoms with E-state index in [1.165, 1.54) is 7.05 Å². The van der Waals surface area contributed by atoms with Crippen molar-refractivity contribution in [1.29, 1.82) is 0 Å². The lowest BCUT2D eigenvalue weighted by molar-refractivity contribution is -0.124. The number of hydrogen-bond acceptors (Lipinski definition) is 4. The summed E-state index contributed by atoms with van der Waals surface area (Å²) in [6, 6.07) is 13.8. The van der Waals surface area contributed by atoms with Crippen molar-refractivity contribution < 1.29 is 17.9 Å². The largest absolute Gasteiger partial charge is 0.491 e. The summed E-state index contributed by atoms with van der Waals surface area (Å²) in [5, 5.41) is 2.77. The second kappa shape index (κ2) is 9.01. The van der Waals surface area contributed by atoms with Crippen molar-refractivity contribution in [2.45, 2.75) is 19.9 Å². The number of benzene rings is 2. The van der Waals surface area contributed by atoms with Crippen LogP contribution in [0.15, 0.2) is 48.5 Å². The summed E-state index contributed by atoms with van der Waals surface area (Å²) in [7, 11) is -2.14. The summed E-state index contributed by atoms with van der Waals surface area (Å²) < 4.78 is 30.7. The highest BCUT2D eigenvalue weighted by atomic mass is 32.2. The van der Waals surface area contributed by atoms with Crippen LogP contribution in [0.4, 0.5) is 0 Å². The molecule has 0 saturated heterocycles. The topological polar surface area (TPSA) is 75.7 Å². The minimum atomic E-state index is -3.54. The molecule has 1 atom stereocenters. The molecule has 1 amide bonds. The molecule has 1 N–H and O–H groups in total. The van der Waals surface area contributed by atoms with Crippen LogP contribution in [0.25, 0.3) is 0 Å². The zero-order chi connectivity index (χ0) is 20.0. The standard InChI is InChI=1S/C20H26N2O4S/c1-15-10-11-16(2)18(14-15)26-13-12-21-20(23)19(22(3)27(4,24)25)17-8-6-5-7-9-17/h5-11,14,19H,12-13H2,1-4H3,(H,21,23)/t19-/m0/s1. The molecule has 2 aromatic rings. The Labute approximate surface area is 161 Å². The average molecular weight is 391 g/mol. The molecule has 0 heterocycles. The number of sulfonamides is 1. The highest BCUT2D eigenvalue weighted by Crippen LogP contribution is 2.22. The smallest absolute Gasteiger partial charge is 0.243 e. The molecule has 0 aliphatic carbocycles. The van der Waals surface area contributed by atoms with E-state index in [9.17, 15) is 13.2 Å². The predicted octanol–water partition coefficient (Wildman–Crippen LogP) is 2.43. The van der Waals surface area contributed by atoms with E-state index in [1.54, 1.807) is 24.3 Å². The molecule has 6 nitrogen and oxygen atoms in total. The Morgan fingerprint density at radius 2 is 1.81 bits per heavy atom. The Balaban J connectivity index is 2.03. The Bertz CT molecular complexity index is 882. The maximum absolute atomic E-state index is 12.7. The van der Waals surface area contributed by atoms with Gasteiger partial charge in [0.1, 0.15) is 18.4 Å². The first-order valence-corrected chi connectivity index (χ1v) is 10.5. The lowest BCUT2D eigenvalue weighted by Crippen LogP contribution is -2.42. The van der Waals surface area contributed by atoms with Crippen LogP contribution in [0.5, 0.6) is 5.75 Å². The average Bonchev–Trinajstić information content (AvgIpc) is 2.62. The number of nitrogens with one attached hydrogen (secondary N) is 1. The molecule has 0 bridgehead atoms. The molecule has 0 unspecified atom stereocenters. The van der Waals surface area contributed by atoms with Gasteiger partial charge >= 0.3 is 0 Å². The molecule has 2 rings (SSSR count). The zero-order valence-corrected chi connectivity index (χ0v) is 16.9. The number of ether oxygens (including phenoxy) is 1. The van der Waals surface area contributed by atoms with Crippen molar-refractivity contribution >= 4 is 15.9 Å². The Hall–Kier alpha value is -2.38. The second-order valence-electron chi connectivity index (χ2n) is 6.50. The summed E-state index contributed by atoms with van der Waals surface area (Å²) in [6.45, 7) is 4.51. The van der Waals surface area contributed by atoms with Crippen molar-refractivity contribution in [2.75, 3.05) is 26.5 Å². The number of carbonyl (C=O) groups is 1. The molecule has 0 aliphatic rings. The monoisotopic (exact) mass is 390 g/mol. The van der Waals surface area contributed by atoms with Crippen molar-refractivity contribution in [2.24, 2.45) is 0 Å². The number of likely N-dealkylation sites (N-methyl/N-ethyl adjacent to an activating group) is 1. The summed E-state index contributed by atoms with van der Waals surface area (Å²) in [5.41, 5.74) is 2.72. The molecule has 0 fully saturated rings. The fraction of sp³-hybridized carbons (Fsp3) is 0.350. The molecular formula is C20H26N2O4S. The first-order valence-electron chi connectivity index (χ1n) is 8.66. The predicted molar refractivity (Wildman–Crippen MR) is 106 cm³/mol. The van der Waals surface area contributed by atoms with E-state index >= 15 is 0 Å². The normalized spacial score (nSPS) is 12.6. The van der Waals surface area contributed by atoms with Crippen LogP contribution in [0.1, 0.15) is 22.7 Å². The van der Waals surface area contributed by atoms with E-state index in [2.05, 4.69) is 5.32 Å². The van der Waals surface area contributed by atoms with Crippen LogP contribution in [-0.4, -0.2) is 45.1 Å². The van der Waals surface area contributed by atoms with Gasteiger partial charge in [0.25, 0.3) is 0 Å². The molecule has 27 heavy (non-hydrogen) atoms. The number of aryl methyl sites for hydroxylation is 2. The molecule has 0 aliphatic heterocycles. The zero-order valence-electron chi connectivity index (χ0n) is 16.1. The van der Waals surface area contributed by atoms with Crippen molar-refractivity contribution in [3.8, 4) is 5.75 Å². The van der Waals surface area contributed by atoms with E-state index in [1.807, 2.05) is 38.1 Å². The van der Waals surface area contributed by atoms with Crippen LogP contribution in [0.2, 0.25) is 0 Å². The Morgan fingerprint density at radius 1 is 1.15 bits per heavy atom. The fourth-order valence-corrected chi connectivity index (χ4v) is 3.25. The van der Waals surface area contributed by atoms with E-state index in [0.717, 1.165) is 27.4 Å². The van der Waals surface area contributed by atoms with Crippen molar-refractivity contribution in [3.05, 3.63) is 65.2 Å². The van der Waals surface area contributed by atoms with Gasteiger partial charge in [-0.15, -0.1) is 0 Å². The van der Waals surface area contributed by atoms with Crippen molar-refractivity contribution in [1.82, 2.24) is 9.62 Å². The number of carbonyl (C=O) groups excluding carboxylic acids is 1. The molecule has 0 aromatic heterocycles. The molecule has 0 spiro atoms. The minimum absolute atomic E-state index is 0.271. The van der Waals surface area contributed by atoms with E-state index in [4.69, 9.17) is 4.74 Å². The maximum Gasteiger partial charge on any atom is 0.243 e. The first-order chi connectivity index (χ1) is 12.7. The minimum Gasteiger partial charge on any atom is -0.491 e. The van der Waals surface area contributed by atoms with E-state index in [-0.39, 0.29) is 6.54 Å². The van der Waals surface area contributed by atoms with Crippen molar-refractivity contribution in [3.63, 3.8) is 0 Å². The van der Waals surface area contributed by atoms with Gasteiger partial charge in [0.05, 0.1) is 12.8 Å². The highest BCUT2D eigenvalue weighted by molar-refractivity contribution is 7.88. The molecule has 0 saturated carbocycles. The van der Waals surface area contributed by atoms with Crippen LogP contribution in [0, 0.1) is 13.8 Å².